The molecule has 2 aromatic rings. The average Bonchev–Trinajstić information content (AvgIpc) is 3.01. The Morgan fingerprint density at radius 2 is 1.71 bits per heavy atom. The molecule has 126 valence electrons. The first-order valence-corrected chi connectivity index (χ1v) is 8.12. The van der Waals surface area contributed by atoms with Crippen LogP contribution in [0.15, 0.2) is 54.6 Å². The van der Waals surface area contributed by atoms with E-state index in [0.29, 0.717) is 12.3 Å². The lowest BCUT2D eigenvalue weighted by molar-refractivity contribution is -0.123. The molecule has 0 saturated heterocycles. The third-order valence-corrected chi connectivity index (χ3v) is 4.02. The number of nitrogens with one attached hydrogen (secondary N) is 1. The van der Waals surface area contributed by atoms with E-state index >= 15 is 0 Å². The summed E-state index contributed by atoms with van der Waals surface area (Å²) in [7, 11) is 0. The first-order chi connectivity index (χ1) is 11.7. The van der Waals surface area contributed by atoms with Crippen molar-refractivity contribution in [3.05, 3.63) is 65.7 Å². The van der Waals surface area contributed by atoms with Gasteiger partial charge in [-0.25, -0.2) is 0 Å². The Morgan fingerprint density at radius 1 is 1.08 bits per heavy atom. The van der Waals surface area contributed by atoms with E-state index in [0.717, 1.165) is 13.1 Å². The molecule has 1 aliphatic rings. The van der Waals surface area contributed by atoms with Crippen LogP contribution in [0.4, 0.5) is 0 Å². The van der Waals surface area contributed by atoms with Crippen LogP contribution in [0.5, 0.6) is 5.75 Å². The summed E-state index contributed by atoms with van der Waals surface area (Å²) in [6.45, 7) is 2.40. The highest BCUT2D eigenvalue weighted by Gasteiger charge is 2.20. The van der Waals surface area contributed by atoms with Crippen LogP contribution >= 0.6 is 0 Å². The SMILES string of the molecule is O=C(COc1ccccc1)NCC(O)CN1Cc2ccccc2C1. The lowest BCUT2D eigenvalue weighted by Gasteiger charge is -2.19. The van der Waals surface area contributed by atoms with E-state index in [1.54, 1.807) is 12.1 Å². The number of fused-ring (bicyclic) bond motifs is 1. The number of aliphatic hydroxyl groups is 1. The second-order valence-electron chi connectivity index (χ2n) is 6.00. The van der Waals surface area contributed by atoms with Gasteiger partial charge in [0.15, 0.2) is 6.61 Å². The fraction of sp³-hybridized carbons (Fsp3) is 0.316. The molecule has 1 atom stereocenters. The molecule has 1 heterocycles. The van der Waals surface area contributed by atoms with Crippen molar-refractivity contribution in [2.75, 3.05) is 19.7 Å². The number of β-amino-alcohol motifs (C(OH)–C–C–N with tert-alkyl or cyclic N) is 1. The van der Waals surface area contributed by atoms with E-state index < -0.39 is 6.10 Å². The van der Waals surface area contributed by atoms with Crippen molar-refractivity contribution in [1.82, 2.24) is 10.2 Å². The van der Waals surface area contributed by atoms with Crippen LogP contribution in [0.2, 0.25) is 0 Å². The first-order valence-electron chi connectivity index (χ1n) is 8.12. The number of nitrogens with zero attached hydrogens (tertiary/aromatic N) is 1. The van der Waals surface area contributed by atoms with Crippen LogP contribution in [0.1, 0.15) is 11.1 Å². The van der Waals surface area contributed by atoms with Crippen molar-refractivity contribution in [2.45, 2.75) is 19.2 Å². The predicted molar refractivity (Wildman–Crippen MR) is 91.5 cm³/mol. The topological polar surface area (TPSA) is 61.8 Å². The quantitative estimate of drug-likeness (QED) is 0.811. The van der Waals surface area contributed by atoms with Gasteiger partial charge in [0, 0.05) is 26.2 Å². The largest absolute Gasteiger partial charge is 0.484 e. The van der Waals surface area contributed by atoms with E-state index in [-0.39, 0.29) is 19.1 Å². The van der Waals surface area contributed by atoms with Crippen LogP contribution in [0, 0.1) is 0 Å². The van der Waals surface area contributed by atoms with Gasteiger partial charge in [-0.3, -0.25) is 9.69 Å². The molecule has 24 heavy (non-hydrogen) atoms. The van der Waals surface area contributed by atoms with Crippen LogP contribution in [-0.4, -0.2) is 41.7 Å². The Labute approximate surface area is 141 Å². The Balaban J connectivity index is 1.35. The second-order valence-corrected chi connectivity index (χ2v) is 6.00. The normalized spacial score (nSPS) is 14.9. The average molecular weight is 326 g/mol. The van der Waals surface area contributed by atoms with E-state index in [9.17, 15) is 9.90 Å². The van der Waals surface area contributed by atoms with Crippen molar-refractivity contribution in [1.29, 1.82) is 0 Å². The summed E-state index contributed by atoms with van der Waals surface area (Å²) in [6, 6.07) is 17.5. The van der Waals surface area contributed by atoms with Gasteiger partial charge in [0.05, 0.1) is 6.10 Å². The van der Waals surface area contributed by atoms with Crippen molar-refractivity contribution in [3.63, 3.8) is 0 Å². The maximum absolute atomic E-state index is 11.8. The van der Waals surface area contributed by atoms with Crippen LogP contribution in [-0.2, 0) is 17.9 Å². The molecule has 0 aromatic heterocycles. The number of hydrogen-bond acceptors (Lipinski definition) is 4. The molecule has 2 aromatic carbocycles. The molecule has 5 nitrogen and oxygen atoms in total. The summed E-state index contributed by atoms with van der Waals surface area (Å²) in [5.74, 6) is 0.422. The highest BCUT2D eigenvalue weighted by atomic mass is 16.5. The molecule has 0 spiro atoms. The third-order valence-electron chi connectivity index (χ3n) is 4.02. The van der Waals surface area contributed by atoms with Gasteiger partial charge in [-0.1, -0.05) is 42.5 Å². The summed E-state index contributed by atoms with van der Waals surface area (Å²) < 4.78 is 5.37. The van der Waals surface area contributed by atoms with E-state index in [4.69, 9.17) is 4.74 Å². The first kappa shape index (κ1) is 16.5. The third kappa shape index (κ3) is 4.57. The Morgan fingerprint density at radius 3 is 2.38 bits per heavy atom. The molecular formula is C19H22N2O3. The molecule has 5 heteroatoms. The molecule has 0 radical (unpaired) electrons. The highest BCUT2D eigenvalue weighted by molar-refractivity contribution is 5.77. The van der Waals surface area contributed by atoms with Crippen LogP contribution < -0.4 is 10.1 Å². The monoisotopic (exact) mass is 326 g/mol. The number of carbonyl (C=O) groups excluding carboxylic acids is 1. The molecule has 2 N–H and O–H groups in total. The lowest BCUT2D eigenvalue weighted by atomic mass is 10.1. The number of ether oxygens (including phenoxy) is 1. The second kappa shape index (κ2) is 7.95. The van der Waals surface area contributed by atoms with Crippen molar-refractivity contribution in [2.24, 2.45) is 0 Å². The molecule has 1 unspecified atom stereocenters. The van der Waals surface area contributed by atoms with Crippen LogP contribution in [0.3, 0.4) is 0 Å². The number of para-hydroxylation sites is 1. The molecule has 1 aliphatic heterocycles. The molecule has 0 fully saturated rings. The maximum Gasteiger partial charge on any atom is 0.258 e. The molecule has 1 amide bonds. The zero-order chi connectivity index (χ0) is 16.8. The van der Waals surface area contributed by atoms with Crippen molar-refractivity contribution >= 4 is 5.91 Å². The van der Waals surface area contributed by atoms with Crippen LogP contribution in [0.25, 0.3) is 0 Å². The number of rotatable bonds is 7. The van der Waals surface area contributed by atoms with Gasteiger partial charge < -0.3 is 15.2 Å². The number of benzene rings is 2. The van der Waals surface area contributed by atoms with Crippen molar-refractivity contribution in [3.8, 4) is 5.75 Å². The fourth-order valence-electron chi connectivity index (χ4n) is 2.84. The molecule has 0 bridgehead atoms. The van der Waals surface area contributed by atoms with Crippen molar-refractivity contribution < 1.29 is 14.6 Å². The smallest absolute Gasteiger partial charge is 0.258 e. The van der Waals surface area contributed by atoms with Gasteiger partial charge in [0.1, 0.15) is 5.75 Å². The molecule has 3 rings (SSSR count). The van der Waals surface area contributed by atoms with Gasteiger partial charge in [-0.05, 0) is 23.3 Å². The number of hydrogen-bond donors (Lipinski definition) is 2. The molecule has 0 aliphatic carbocycles. The van der Waals surface area contributed by atoms with E-state index in [1.165, 1.54) is 11.1 Å². The molecule has 0 saturated carbocycles. The minimum absolute atomic E-state index is 0.0497. The Hall–Kier alpha value is -2.37. The van der Waals surface area contributed by atoms with Gasteiger partial charge in [0.2, 0.25) is 0 Å². The Bertz CT molecular complexity index is 650. The minimum Gasteiger partial charge on any atom is -0.484 e. The molecular weight excluding hydrogens is 304 g/mol. The summed E-state index contributed by atoms with van der Waals surface area (Å²) in [5.41, 5.74) is 2.62. The van der Waals surface area contributed by atoms with E-state index in [2.05, 4.69) is 22.3 Å². The summed E-state index contributed by atoms with van der Waals surface area (Å²) >= 11 is 0. The minimum atomic E-state index is -0.597. The van der Waals surface area contributed by atoms with Gasteiger partial charge in [-0.15, -0.1) is 0 Å². The Kier molecular flexibility index (Phi) is 5.46. The maximum atomic E-state index is 11.8. The van der Waals surface area contributed by atoms with Gasteiger partial charge >= 0.3 is 0 Å². The number of aliphatic hydroxyl groups excluding tert-OH is 1. The highest BCUT2D eigenvalue weighted by Crippen LogP contribution is 2.21. The zero-order valence-electron chi connectivity index (χ0n) is 13.5. The van der Waals surface area contributed by atoms with Gasteiger partial charge in [-0.2, -0.15) is 0 Å². The fourth-order valence-corrected chi connectivity index (χ4v) is 2.84. The lowest BCUT2D eigenvalue weighted by Crippen LogP contribution is -2.40. The summed E-state index contributed by atoms with van der Waals surface area (Å²) in [6.07, 6.45) is -0.597. The summed E-state index contributed by atoms with van der Waals surface area (Å²) in [4.78, 5) is 14.0. The standard InChI is InChI=1S/C19H22N2O3/c22-17(13-21-11-15-6-4-5-7-16(15)12-21)10-20-19(23)14-24-18-8-2-1-3-9-18/h1-9,17,22H,10-14H2,(H,20,23). The summed E-state index contributed by atoms with van der Waals surface area (Å²) in [5, 5.41) is 12.8. The number of carbonyl (C=O) groups is 1. The zero-order valence-corrected chi connectivity index (χ0v) is 13.5. The predicted octanol–water partition coefficient (Wildman–Crippen LogP) is 1.56. The van der Waals surface area contributed by atoms with E-state index in [1.807, 2.05) is 30.3 Å². The van der Waals surface area contributed by atoms with Gasteiger partial charge in [0.25, 0.3) is 5.91 Å². The number of amides is 1.